The monoisotopic (exact) mass is 1390 g/mol. The Morgan fingerprint density at radius 1 is 0.123 bits per heavy atom. The number of carbonyl (C=O) groups excluding carboxylic acids is 3. The molecule has 0 fully saturated rings. The standard InChI is InChI=1S/8C12H10.C3H2O3.4H2O/c8*1-3-7-11(8-4-1)12-9-5-2-6-10-12;4-1-3(6)2-5;;;;/h8*1-10H;1-2H;4*1H2. The predicted molar refractivity (Wildman–Crippen MR) is 447 cm³/mol. The van der Waals surface area contributed by atoms with Crippen LogP contribution in [0.3, 0.4) is 0 Å². The van der Waals surface area contributed by atoms with Gasteiger partial charge in [-0.1, -0.05) is 485 Å². The van der Waals surface area contributed by atoms with Gasteiger partial charge in [0.2, 0.25) is 0 Å². The molecule has 0 bridgehead atoms. The molecule has 0 radical (unpaired) electrons. The van der Waals surface area contributed by atoms with Crippen LogP contribution in [0.2, 0.25) is 0 Å². The van der Waals surface area contributed by atoms with Gasteiger partial charge >= 0.3 is 0 Å². The van der Waals surface area contributed by atoms with Gasteiger partial charge in [0.25, 0.3) is 5.78 Å². The lowest BCUT2D eigenvalue weighted by atomic mass is 10.1. The lowest BCUT2D eigenvalue weighted by molar-refractivity contribution is -0.135. The van der Waals surface area contributed by atoms with E-state index in [1.807, 2.05) is 97.1 Å². The Hall–Kier alpha value is -13.6. The van der Waals surface area contributed by atoms with E-state index >= 15 is 0 Å². The summed E-state index contributed by atoms with van der Waals surface area (Å²) in [5.41, 5.74) is 20.4. The minimum absolute atomic E-state index is 0. The largest absolute Gasteiger partial charge is 0.412 e. The summed E-state index contributed by atoms with van der Waals surface area (Å²) in [6, 6.07) is 166. The second-order valence-corrected chi connectivity index (χ2v) is 22.5. The van der Waals surface area contributed by atoms with Gasteiger partial charge in [-0.15, -0.1) is 0 Å². The summed E-state index contributed by atoms with van der Waals surface area (Å²) < 4.78 is 0. The van der Waals surface area contributed by atoms with Gasteiger partial charge in [0.05, 0.1) is 0 Å². The van der Waals surface area contributed by atoms with Crippen LogP contribution in [0.1, 0.15) is 0 Å². The van der Waals surface area contributed by atoms with Gasteiger partial charge in [0.1, 0.15) is 0 Å². The summed E-state index contributed by atoms with van der Waals surface area (Å²) in [4.78, 5) is 27.8. The van der Waals surface area contributed by atoms with E-state index < -0.39 is 5.78 Å². The Labute approximate surface area is 625 Å². The van der Waals surface area contributed by atoms with Crippen LogP contribution in [-0.4, -0.2) is 40.3 Å². The van der Waals surface area contributed by atoms with Crippen LogP contribution in [0.25, 0.3) is 89.0 Å². The van der Waals surface area contributed by atoms with Gasteiger partial charge in [0, 0.05) is 0 Å². The second-order valence-electron chi connectivity index (χ2n) is 22.5. The Balaban J connectivity index is 0.000000252. The fourth-order valence-electron chi connectivity index (χ4n) is 10.1. The normalized spacial score (nSPS) is 9.13. The highest BCUT2D eigenvalue weighted by molar-refractivity contribution is 6.50. The number of hydrogen-bond donors (Lipinski definition) is 0. The van der Waals surface area contributed by atoms with Crippen molar-refractivity contribution in [3.63, 3.8) is 0 Å². The number of Topliss-reactive ketones (excluding diaryl/α,β-unsaturated/α-hetero) is 1. The molecule has 0 aromatic heterocycles. The average Bonchev–Trinajstić information content (AvgIpc) is 0.975. The van der Waals surface area contributed by atoms with Crippen LogP contribution < -0.4 is 0 Å². The van der Waals surface area contributed by atoms with E-state index in [1.165, 1.54) is 89.0 Å². The van der Waals surface area contributed by atoms with Crippen LogP contribution >= 0.6 is 0 Å². The molecule has 528 valence electrons. The molecule has 0 amide bonds. The van der Waals surface area contributed by atoms with Gasteiger partial charge in [-0.2, -0.15) is 0 Å². The van der Waals surface area contributed by atoms with Crippen molar-refractivity contribution in [3.05, 3.63) is 485 Å². The van der Waals surface area contributed by atoms with Crippen molar-refractivity contribution in [2.75, 3.05) is 0 Å². The van der Waals surface area contributed by atoms with E-state index in [1.54, 1.807) is 0 Å². The van der Waals surface area contributed by atoms with Crippen molar-refractivity contribution in [3.8, 4) is 89.0 Å². The number of benzene rings is 16. The molecular weight excluding hydrogens is 1300 g/mol. The molecule has 0 atom stereocenters. The Morgan fingerprint density at radius 2 is 0.179 bits per heavy atom. The van der Waals surface area contributed by atoms with Crippen LogP contribution in [0.15, 0.2) is 485 Å². The van der Waals surface area contributed by atoms with E-state index in [4.69, 9.17) is 9.59 Å². The van der Waals surface area contributed by atoms with E-state index in [0.29, 0.717) is 0 Å². The third-order valence-electron chi connectivity index (χ3n) is 15.3. The average molecular weight is 1390 g/mol. The lowest BCUT2D eigenvalue weighted by Gasteiger charge is -1.98. The molecule has 16 rings (SSSR count). The van der Waals surface area contributed by atoms with Gasteiger partial charge in [-0.05, 0) is 89.0 Å². The van der Waals surface area contributed by atoms with Crippen molar-refractivity contribution >= 4 is 18.4 Å². The fraction of sp³-hybridized carbons (Fsp3) is 0. The molecule has 7 nitrogen and oxygen atoms in total. The molecule has 0 aliphatic rings. The molecule has 106 heavy (non-hydrogen) atoms. The fourth-order valence-corrected chi connectivity index (χ4v) is 10.1. The third-order valence-corrected chi connectivity index (χ3v) is 15.3. The highest BCUT2D eigenvalue weighted by atomic mass is 16.2. The Morgan fingerprint density at radius 3 is 0.217 bits per heavy atom. The minimum Gasteiger partial charge on any atom is -0.412 e. The van der Waals surface area contributed by atoms with Gasteiger partial charge in [-0.3, -0.25) is 14.4 Å². The summed E-state index contributed by atoms with van der Waals surface area (Å²) in [5.74, 6) is -1.02. The minimum atomic E-state index is -1.02. The van der Waals surface area contributed by atoms with E-state index in [-0.39, 0.29) is 34.5 Å². The quantitative estimate of drug-likeness (QED) is 0.0753. The van der Waals surface area contributed by atoms with Crippen LogP contribution in [-0.2, 0) is 14.4 Å². The molecule has 7 heteroatoms. The van der Waals surface area contributed by atoms with Crippen molar-refractivity contribution in [1.82, 2.24) is 0 Å². The van der Waals surface area contributed by atoms with E-state index in [9.17, 15) is 4.79 Å². The summed E-state index contributed by atoms with van der Waals surface area (Å²) in [5, 5.41) is 0. The van der Waals surface area contributed by atoms with Crippen LogP contribution in [0, 0.1) is 0 Å². The molecule has 0 saturated heterocycles. The summed E-state index contributed by atoms with van der Waals surface area (Å²) in [6.45, 7) is 0. The van der Waals surface area contributed by atoms with Crippen LogP contribution in [0.5, 0.6) is 0 Å². The number of aldehydes is 2. The maximum atomic E-state index is 9.44. The maximum Gasteiger partial charge on any atom is 0.257 e. The molecule has 0 aliphatic carbocycles. The molecule has 0 heterocycles. The zero-order valence-electron chi connectivity index (χ0n) is 59.1. The number of hydrogen-bond acceptors (Lipinski definition) is 3. The third kappa shape index (κ3) is 31.9. The van der Waals surface area contributed by atoms with E-state index in [0.717, 1.165) is 0 Å². The zero-order valence-corrected chi connectivity index (χ0v) is 59.1. The zero-order chi connectivity index (χ0) is 70.8. The molecule has 0 saturated carbocycles. The molecule has 0 unspecified atom stereocenters. The molecule has 0 spiro atoms. The summed E-state index contributed by atoms with van der Waals surface area (Å²) >= 11 is 0. The first kappa shape index (κ1) is 84.8. The number of ketones is 1. The summed E-state index contributed by atoms with van der Waals surface area (Å²) in [6.07, 6.45) is -0.0694. The van der Waals surface area contributed by atoms with Crippen molar-refractivity contribution < 1.29 is 36.3 Å². The molecule has 8 N–H and O–H groups in total. The Kier molecular flexibility index (Phi) is 41.9. The highest BCUT2D eigenvalue weighted by Crippen LogP contribution is 2.24. The maximum absolute atomic E-state index is 9.44. The summed E-state index contributed by atoms with van der Waals surface area (Å²) in [7, 11) is 0. The van der Waals surface area contributed by atoms with Gasteiger partial charge < -0.3 is 21.9 Å². The molecule has 0 aliphatic heterocycles. The second kappa shape index (κ2) is 52.4. The molecule has 16 aromatic carbocycles. The predicted octanol–water partition coefficient (Wildman–Crippen LogP) is 22.5. The van der Waals surface area contributed by atoms with Crippen molar-refractivity contribution in [1.29, 1.82) is 0 Å². The van der Waals surface area contributed by atoms with Crippen molar-refractivity contribution in [2.45, 2.75) is 0 Å². The molecule has 16 aromatic rings. The van der Waals surface area contributed by atoms with Gasteiger partial charge in [-0.25, -0.2) is 0 Å². The first-order valence-corrected chi connectivity index (χ1v) is 33.8. The SMILES string of the molecule is O.O.O.O.O=CC(=O)C=O.c1ccc(-c2ccccc2)cc1.c1ccc(-c2ccccc2)cc1.c1ccc(-c2ccccc2)cc1.c1ccc(-c2ccccc2)cc1.c1ccc(-c2ccccc2)cc1.c1ccc(-c2ccccc2)cc1.c1ccc(-c2ccccc2)cc1.c1ccc(-c2ccccc2)cc1. The molecular formula is C99H90O7. The lowest BCUT2D eigenvalue weighted by Crippen LogP contribution is -1.97. The van der Waals surface area contributed by atoms with Crippen molar-refractivity contribution in [2.24, 2.45) is 0 Å². The number of carbonyl (C=O) groups is 3. The highest BCUT2D eigenvalue weighted by Gasteiger charge is 1.99. The van der Waals surface area contributed by atoms with Crippen LogP contribution in [0.4, 0.5) is 0 Å². The smallest absolute Gasteiger partial charge is 0.257 e. The van der Waals surface area contributed by atoms with Gasteiger partial charge in [0.15, 0.2) is 12.6 Å². The topological polar surface area (TPSA) is 177 Å². The first-order chi connectivity index (χ1) is 50.5. The first-order valence-electron chi connectivity index (χ1n) is 33.8. The Bertz CT molecular complexity index is 3530. The number of rotatable bonds is 10. The van der Waals surface area contributed by atoms with E-state index in [2.05, 4.69) is 388 Å².